The largest absolute Gasteiger partial charge is 0.508 e. The van der Waals surface area contributed by atoms with E-state index in [-0.39, 0.29) is 16.9 Å². The minimum absolute atomic E-state index is 0.160. The minimum Gasteiger partial charge on any atom is -0.508 e. The van der Waals surface area contributed by atoms with Crippen LogP contribution >= 0.6 is 0 Å². The van der Waals surface area contributed by atoms with Gasteiger partial charge in [-0.15, -0.1) is 0 Å². The summed E-state index contributed by atoms with van der Waals surface area (Å²) in [6.45, 7) is 0. The average Bonchev–Trinajstić information content (AvgIpc) is 2.70. The molecule has 0 bridgehead atoms. The fraction of sp³-hybridized carbons (Fsp3) is 0.0435. The molecule has 4 rings (SSSR count). The topological polar surface area (TPSA) is 79.5 Å². The van der Waals surface area contributed by atoms with Crippen LogP contribution in [0.4, 0.5) is 0 Å². The Kier molecular flexibility index (Phi) is 4.41. The van der Waals surface area contributed by atoms with Gasteiger partial charge in [-0.1, -0.05) is 30.3 Å². The van der Waals surface area contributed by atoms with Crippen molar-refractivity contribution in [1.82, 2.24) is 4.57 Å². The Balaban J connectivity index is 1.86. The Hall–Kier alpha value is -3.86. The molecule has 0 atom stereocenters. The van der Waals surface area contributed by atoms with Crippen molar-refractivity contribution < 1.29 is 15.0 Å². The zero-order valence-electron chi connectivity index (χ0n) is 14.9. The maximum absolute atomic E-state index is 12.6. The Labute approximate surface area is 160 Å². The Morgan fingerprint density at radius 1 is 0.893 bits per heavy atom. The van der Waals surface area contributed by atoms with Crippen molar-refractivity contribution >= 4 is 16.9 Å². The molecule has 0 spiro atoms. The molecule has 0 saturated heterocycles. The first-order chi connectivity index (χ1) is 13.5. The van der Waals surface area contributed by atoms with Gasteiger partial charge < -0.3 is 10.2 Å². The summed E-state index contributed by atoms with van der Waals surface area (Å²) in [7, 11) is 0. The zero-order valence-corrected chi connectivity index (χ0v) is 14.9. The first-order valence-corrected chi connectivity index (χ1v) is 8.78. The van der Waals surface area contributed by atoms with Crippen molar-refractivity contribution in [2.45, 2.75) is 6.42 Å². The lowest BCUT2D eigenvalue weighted by molar-refractivity contribution is 0.0697. The van der Waals surface area contributed by atoms with Gasteiger partial charge in [0.15, 0.2) is 0 Å². The monoisotopic (exact) mass is 371 g/mol. The van der Waals surface area contributed by atoms with Crippen molar-refractivity contribution in [2.24, 2.45) is 0 Å². The van der Waals surface area contributed by atoms with Crippen LogP contribution in [0.2, 0.25) is 0 Å². The van der Waals surface area contributed by atoms with Gasteiger partial charge in [0.2, 0.25) is 0 Å². The SMILES string of the molecule is O=C(O)c1ccc2c(ccc(=O)n2-c2ccc(O)c(Cc3ccccc3)c2)c1. The molecule has 5 heteroatoms. The van der Waals surface area contributed by atoms with Gasteiger partial charge in [-0.3, -0.25) is 9.36 Å². The molecule has 138 valence electrons. The van der Waals surface area contributed by atoms with Gasteiger partial charge in [0, 0.05) is 23.7 Å². The molecule has 1 aromatic heterocycles. The maximum Gasteiger partial charge on any atom is 0.335 e. The third-order valence-electron chi connectivity index (χ3n) is 4.70. The Bertz CT molecular complexity index is 1240. The number of carboxylic acids is 1. The average molecular weight is 371 g/mol. The van der Waals surface area contributed by atoms with Crippen LogP contribution in [-0.4, -0.2) is 20.7 Å². The van der Waals surface area contributed by atoms with Gasteiger partial charge in [0.05, 0.1) is 11.1 Å². The summed E-state index contributed by atoms with van der Waals surface area (Å²) < 4.78 is 1.52. The van der Waals surface area contributed by atoms with E-state index in [0.29, 0.717) is 28.6 Å². The number of aromatic nitrogens is 1. The van der Waals surface area contributed by atoms with Crippen LogP contribution in [-0.2, 0) is 6.42 Å². The van der Waals surface area contributed by atoms with Crippen LogP contribution in [0.1, 0.15) is 21.5 Å². The normalized spacial score (nSPS) is 10.9. The lowest BCUT2D eigenvalue weighted by atomic mass is 10.0. The third kappa shape index (κ3) is 3.25. The second-order valence-electron chi connectivity index (χ2n) is 6.56. The van der Waals surface area contributed by atoms with Gasteiger partial charge in [-0.2, -0.15) is 0 Å². The molecular weight excluding hydrogens is 354 g/mol. The van der Waals surface area contributed by atoms with E-state index >= 15 is 0 Å². The molecule has 0 saturated carbocycles. The maximum atomic E-state index is 12.6. The highest BCUT2D eigenvalue weighted by molar-refractivity contribution is 5.93. The molecule has 3 aromatic carbocycles. The van der Waals surface area contributed by atoms with Gasteiger partial charge in [-0.05, 0) is 53.4 Å². The molecular formula is C23H17NO4. The van der Waals surface area contributed by atoms with Crippen LogP contribution in [0, 0.1) is 0 Å². The summed E-state index contributed by atoms with van der Waals surface area (Å²) in [5.41, 5.74) is 2.90. The number of aromatic hydroxyl groups is 1. The summed E-state index contributed by atoms with van der Waals surface area (Å²) in [5.74, 6) is -0.858. The standard InChI is InChI=1S/C23H17NO4/c25-21-10-8-19(14-18(21)12-15-4-2-1-3-5-15)24-20-9-6-17(23(27)28)13-16(20)7-11-22(24)26/h1-11,13-14,25H,12H2,(H,27,28). The molecule has 1 heterocycles. The number of carboxylic acid groups (broad SMARTS) is 1. The molecule has 0 unspecified atom stereocenters. The highest BCUT2D eigenvalue weighted by Crippen LogP contribution is 2.25. The van der Waals surface area contributed by atoms with Gasteiger partial charge in [0.25, 0.3) is 5.56 Å². The molecule has 2 N–H and O–H groups in total. The molecule has 4 aromatic rings. The van der Waals surface area contributed by atoms with Crippen molar-refractivity contribution in [3.8, 4) is 11.4 Å². The predicted molar refractivity (Wildman–Crippen MR) is 107 cm³/mol. The molecule has 5 nitrogen and oxygen atoms in total. The number of hydrogen-bond donors (Lipinski definition) is 2. The predicted octanol–water partition coefficient (Wildman–Crippen LogP) is 3.99. The number of fused-ring (bicyclic) bond motifs is 1. The molecule has 0 fully saturated rings. The van der Waals surface area contributed by atoms with Gasteiger partial charge in [0.1, 0.15) is 5.75 Å². The Morgan fingerprint density at radius 3 is 2.43 bits per heavy atom. The summed E-state index contributed by atoms with van der Waals surface area (Å²) in [6, 6.07) is 22.5. The molecule has 0 amide bonds. The fourth-order valence-corrected chi connectivity index (χ4v) is 3.31. The first-order valence-electron chi connectivity index (χ1n) is 8.78. The molecule has 0 radical (unpaired) electrons. The van der Waals surface area contributed by atoms with Crippen LogP contribution in [0.3, 0.4) is 0 Å². The highest BCUT2D eigenvalue weighted by atomic mass is 16.4. The second kappa shape index (κ2) is 7.04. The van der Waals surface area contributed by atoms with E-state index in [4.69, 9.17) is 0 Å². The van der Waals surface area contributed by atoms with Gasteiger partial charge in [-0.25, -0.2) is 4.79 Å². The van der Waals surface area contributed by atoms with Crippen molar-refractivity contribution in [2.75, 3.05) is 0 Å². The zero-order chi connectivity index (χ0) is 19.7. The van der Waals surface area contributed by atoms with Crippen LogP contribution in [0.5, 0.6) is 5.75 Å². The van der Waals surface area contributed by atoms with Gasteiger partial charge >= 0.3 is 5.97 Å². The van der Waals surface area contributed by atoms with E-state index in [9.17, 15) is 19.8 Å². The lowest BCUT2D eigenvalue weighted by Gasteiger charge is -2.13. The molecule has 28 heavy (non-hydrogen) atoms. The number of pyridine rings is 1. The quantitative estimate of drug-likeness (QED) is 0.569. The summed E-state index contributed by atoms with van der Waals surface area (Å²) in [6.07, 6.45) is 0.531. The Morgan fingerprint density at radius 2 is 1.68 bits per heavy atom. The highest BCUT2D eigenvalue weighted by Gasteiger charge is 2.11. The number of aromatic carboxylic acids is 1. The first kappa shape index (κ1) is 17.5. The number of phenolic OH excluding ortho intramolecular Hbond substituents is 1. The molecule has 0 aliphatic heterocycles. The number of benzene rings is 3. The number of nitrogens with zero attached hydrogens (tertiary/aromatic N) is 1. The number of hydrogen-bond acceptors (Lipinski definition) is 3. The smallest absolute Gasteiger partial charge is 0.335 e. The number of carbonyl (C=O) groups is 1. The fourth-order valence-electron chi connectivity index (χ4n) is 3.31. The van der Waals surface area contributed by atoms with E-state index in [0.717, 1.165) is 5.56 Å². The molecule has 0 aliphatic rings. The summed E-state index contributed by atoms with van der Waals surface area (Å²) in [5, 5.41) is 20.1. The van der Waals surface area contributed by atoms with Crippen LogP contribution in [0.15, 0.2) is 83.7 Å². The van der Waals surface area contributed by atoms with Crippen molar-refractivity contribution in [1.29, 1.82) is 0 Å². The van der Waals surface area contributed by atoms with E-state index < -0.39 is 5.97 Å². The van der Waals surface area contributed by atoms with Crippen molar-refractivity contribution in [3.63, 3.8) is 0 Å². The number of rotatable bonds is 4. The number of phenols is 1. The lowest BCUT2D eigenvalue weighted by Crippen LogP contribution is -2.17. The third-order valence-corrected chi connectivity index (χ3v) is 4.70. The molecule has 0 aliphatic carbocycles. The van der Waals surface area contributed by atoms with E-state index in [1.807, 2.05) is 30.3 Å². The second-order valence-corrected chi connectivity index (χ2v) is 6.56. The van der Waals surface area contributed by atoms with E-state index in [1.54, 1.807) is 36.4 Å². The minimum atomic E-state index is -1.02. The van der Waals surface area contributed by atoms with Crippen molar-refractivity contribution in [3.05, 3.63) is 106 Å². The van der Waals surface area contributed by atoms with Crippen LogP contribution in [0.25, 0.3) is 16.6 Å². The van der Waals surface area contributed by atoms with E-state index in [1.165, 1.54) is 16.7 Å². The van der Waals surface area contributed by atoms with E-state index in [2.05, 4.69) is 0 Å². The summed E-state index contributed by atoms with van der Waals surface area (Å²) >= 11 is 0. The van der Waals surface area contributed by atoms with Crippen LogP contribution < -0.4 is 5.56 Å². The summed E-state index contributed by atoms with van der Waals surface area (Å²) in [4.78, 5) is 23.8.